The van der Waals surface area contributed by atoms with E-state index in [0.29, 0.717) is 0 Å². The van der Waals surface area contributed by atoms with Gasteiger partial charge < -0.3 is 26.2 Å². The molecule has 0 spiro atoms. The molecule has 0 aliphatic heterocycles. The minimum absolute atomic E-state index is 0.121. The first-order chi connectivity index (χ1) is 5.08. The Bertz CT molecular complexity index is 146. The van der Waals surface area contributed by atoms with Crippen LogP contribution in [0.4, 0.5) is 0 Å². The second-order valence-electron chi connectivity index (χ2n) is 2.87. The van der Waals surface area contributed by atoms with Crippen molar-refractivity contribution in [1.29, 1.82) is 0 Å². The smallest absolute Gasteiger partial charge is 0.125 e. The number of hydrogen-bond donors (Lipinski definition) is 5. The van der Waals surface area contributed by atoms with E-state index in [1.807, 2.05) is 0 Å². The van der Waals surface area contributed by atoms with Gasteiger partial charge in [0.1, 0.15) is 5.60 Å². The molecule has 5 nitrogen and oxygen atoms in total. The van der Waals surface area contributed by atoms with Crippen LogP contribution >= 0.6 is 0 Å². The van der Waals surface area contributed by atoms with E-state index >= 15 is 0 Å². The van der Waals surface area contributed by atoms with Crippen LogP contribution in [0.3, 0.4) is 0 Å². The molecule has 1 aliphatic carbocycles. The summed E-state index contributed by atoms with van der Waals surface area (Å²) in [4.78, 5) is 0. The van der Waals surface area contributed by atoms with Crippen LogP contribution in [-0.4, -0.2) is 51.4 Å². The summed E-state index contributed by atoms with van der Waals surface area (Å²) in [5, 5.41) is 36.1. The van der Waals surface area contributed by atoms with Crippen molar-refractivity contribution in [2.45, 2.75) is 17.8 Å². The van der Waals surface area contributed by atoms with Crippen LogP contribution in [0.25, 0.3) is 0 Å². The van der Waals surface area contributed by atoms with Crippen molar-refractivity contribution in [3.63, 3.8) is 0 Å². The summed E-state index contributed by atoms with van der Waals surface area (Å²) < 4.78 is 0. The highest BCUT2D eigenvalue weighted by Gasteiger charge is 2.67. The number of aliphatic hydroxyl groups excluding tert-OH is 3. The highest BCUT2D eigenvalue weighted by atomic mass is 16.4. The molecule has 1 saturated carbocycles. The second-order valence-corrected chi connectivity index (χ2v) is 2.87. The predicted molar refractivity (Wildman–Crippen MR) is 36.6 cm³/mol. The topological polar surface area (TPSA) is 107 Å². The van der Waals surface area contributed by atoms with Gasteiger partial charge in [0.25, 0.3) is 0 Å². The van der Waals surface area contributed by atoms with Crippen molar-refractivity contribution in [2.24, 2.45) is 11.7 Å². The molecule has 0 aromatic rings. The maximum Gasteiger partial charge on any atom is 0.125 e. The van der Waals surface area contributed by atoms with E-state index in [1.54, 1.807) is 0 Å². The van der Waals surface area contributed by atoms with Gasteiger partial charge in [-0.2, -0.15) is 0 Å². The molecule has 4 unspecified atom stereocenters. The van der Waals surface area contributed by atoms with Crippen LogP contribution in [0.15, 0.2) is 0 Å². The number of hydrogen-bond acceptors (Lipinski definition) is 5. The van der Waals surface area contributed by atoms with Crippen molar-refractivity contribution in [2.75, 3.05) is 13.2 Å². The molecule has 11 heavy (non-hydrogen) atoms. The summed E-state index contributed by atoms with van der Waals surface area (Å²) in [5.74, 6) is -0.652. The van der Waals surface area contributed by atoms with Gasteiger partial charge in [-0.3, -0.25) is 0 Å². The Kier molecular flexibility index (Phi) is 2.17. The second kappa shape index (κ2) is 2.69. The first-order valence-electron chi connectivity index (χ1n) is 3.48. The molecule has 1 aliphatic rings. The predicted octanol–water partition coefficient (Wildman–Crippen LogP) is -2.98. The monoisotopic (exact) mass is 163 g/mol. The van der Waals surface area contributed by atoms with Gasteiger partial charge in [-0.05, 0) is 0 Å². The molecule has 0 bridgehead atoms. The lowest BCUT2D eigenvalue weighted by atomic mass is 10.1. The summed E-state index contributed by atoms with van der Waals surface area (Å²) in [6.07, 6.45) is -2.21. The molecule has 0 saturated heterocycles. The summed E-state index contributed by atoms with van der Waals surface area (Å²) in [7, 11) is 0. The van der Waals surface area contributed by atoms with Crippen molar-refractivity contribution in [3.8, 4) is 0 Å². The van der Waals surface area contributed by atoms with Crippen LogP contribution < -0.4 is 5.73 Å². The number of nitrogens with two attached hydrogens (primary N) is 1. The number of rotatable bonds is 3. The molecular weight excluding hydrogens is 150 g/mol. The highest BCUT2D eigenvalue weighted by molar-refractivity contribution is 5.17. The first-order valence-corrected chi connectivity index (χ1v) is 3.48. The van der Waals surface area contributed by atoms with Crippen molar-refractivity contribution < 1.29 is 20.4 Å². The normalized spacial score (nSPS) is 45.5. The quantitative estimate of drug-likeness (QED) is 0.305. The molecule has 4 atom stereocenters. The van der Waals surface area contributed by atoms with Gasteiger partial charge in [0.15, 0.2) is 0 Å². The van der Waals surface area contributed by atoms with Gasteiger partial charge in [0.05, 0.1) is 18.8 Å². The zero-order valence-electron chi connectivity index (χ0n) is 6.01. The van der Waals surface area contributed by atoms with Crippen LogP contribution in [0.1, 0.15) is 0 Å². The molecular formula is C6H13NO4. The fraction of sp³-hybridized carbons (Fsp3) is 1.00. The van der Waals surface area contributed by atoms with E-state index in [1.165, 1.54) is 0 Å². The van der Waals surface area contributed by atoms with Gasteiger partial charge in [0, 0.05) is 12.5 Å². The summed E-state index contributed by atoms with van der Waals surface area (Å²) in [6.45, 7) is -0.460. The first kappa shape index (κ1) is 8.89. The molecule has 0 radical (unpaired) electrons. The van der Waals surface area contributed by atoms with Gasteiger partial charge >= 0.3 is 0 Å². The molecule has 6 N–H and O–H groups in total. The fourth-order valence-electron chi connectivity index (χ4n) is 1.33. The van der Waals surface area contributed by atoms with Gasteiger partial charge in [-0.1, -0.05) is 0 Å². The molecule has 0 amide bonds. The molecule has 1 rings (SSSR count). The third kappa shape index (κ3) is 1.05. The van der Waals surface area contributed by atoms with Gasteiger partial charge in [-0.25, -0.2) is 0 Å². The average molecular weight is 163 g/mol. The van der Waals surface area contributed by atoms with E-state index in [4.69, 9.17) is 21.1 Å². The highest BCUT2D eigenvalue weighted by Crippen LogP contribution is 2.45. The fourth-order valence-corrected chi connectivity index (χ4v) is 1.33. The summed E-state index contributed by atoms with van der Waals surface area (Å²) in [6, 6.07) is 0. The molecule has 0 aromatic heterocycles. The lowest BCUT2D eigenvalue weighted by Crippen LogP contribution is -2.39. The van der Waals surface area contributed by atoms with E-state index in [-0.39, 0.29) is 13.2 Å². The third-order valence-corrected chi connectivity index (χ3v) is 2.29. The minimum atomic E-state index is -1.58. The molecule has 1 fully saturated rings. The largest absolute Gasteiger partial charge is 0.396 e. The van der Waals surface area contributed by atoms with Crippen molar-refractivity contribution in [1.82, 2.24) is 0 Å². The summed E-state index contributed by atoms with van der Waals surface area (Å²) in [5.41, 5.74) is 3.49. The van der Waals surface area contributed by atoms with Gasteiger partial charge in [0.2, 0.25) is 0 Å². The molecule has 0 aromatic carbocycles. The van der Waals surface area contributed by atoms with Crippen molar-refractivity contribution >= 4 is 0 Å². The Morgan fingerprint density at radius 1 is 1.55 bits per heavy atom. The van der Waals surface area contributed by atoms with E-state index in [2.05, 4.69) is 0 Å². The van der Waals surface area contributed by atoms with Crippen LogP contribution in [0.2, 0.25) is 0 Å². The summed E-state index contributed by atoms with van der Waals surface area (Å²) >= 11 is 0. The standard InChI is InChI=1S/C6H13NO4/c7-1-4(9)6(11)3(2-8)5(6)10/h3-5,8-11H,1-2,7H2. The molecule has 66 valence electrons. The van der Waals surface area contributed by atoms with E-state index < -0.39 is 23.7 Å². The Labute approximate surface area is 64.1 Å². The Balaban J connectivity index is 2.57. The number of aliphatic hydroxyl groups is 4. The third-order valence-electron chi connectivity index (χ3n) is 2.29. The van der Waals surface area contributed by atoms with E-state index in [9.17, 15) is 5.11 Å². The van der Waals surface area contributed by atoms with Gasteiger partial charge in [-0.15, -0.1) is 0 Å². The van der Waals surface area contributed by atoms with Crippen LogP contribution in [-0.2, 0) is 0 Å². The lowest BCUT2D eigenvalue weighted by molar-refractivity contribution is -0.0317. The zero-order chi connectivity index (χ0) is 8.65. The zero-order valence-corrected chi connectivity index (χ0v) is 6.01. The minimum Gasteiger partial charge on any atom is -0.396 e. The van der Waals surface area contributed by atoms with Crippen molar-refractivity contribution in [3.05, 3.63) is 0 Å². The molecule has 5 heteroatoms. The SMILES string of the molecule is NCC(O)C1(O)C(O)C1CO. The van der Waals surface area contributed by atoms with Crippen LogP contribution in [0, 0.1) is 5.92 Å². The lowest BCUT2D eigenvalue weighted by Gasteiger charge is -2.15. The van der Waals surface area contributed by atoms with Crippen LogP contribution in [0.5, 0.6) is 0 Å². The Hall–Kier alpha value is -0.200. The Morgan fingerprint density at radius 3 is 2.36 bits per heavy atom. The maximum atomic E-state index is 9.39. The van der Waals surface area contributed by atoms with E-state index in [0.717, 1.165) is 0 Å². The molecule has 0 heterocycles. The average Bonchev–Trinajstić information content (AvgIpc) is 2.54. The maximum absolute atomic E-state index is 9.39. The Morgan fingerprint density at radius 2 is 2.09 bits per heavy atom.